The lowest BCUT2D eigenvalue weighted by Gasteiger charge is -2.25. The summed E-state index contributed by atoms with van der Waals surface area (Å²) in [7, 11) is 0. The van der Waals surface area contributed by atoms with E-state index in [0.717, 1.165) is 49.2 Å². The van der Waals surface area contributed by atoms with Crippen LogP contribution in [0.4, 0.5) is 5.69 Å². The van der Waals surface area contributed by atoms with Gasteiger partial charge < -0.3 is 14.8 Å². The molecule has 1 amide bonds. The molecule has 0 aliphatic carbocycles. The van der Waals surface area contributed by atoms with Crippen molar-refractivity contribution in [2.45, 2.75) is 77.6 Å². The Hall–Kier alpha value is -3.35. The summed E-state index contributed by atoms with van der Waals surface area (Å²) < 4.78 is 11.4. The van der Waals surface area contributed by atoms with E-state index in [0.29, 0.717) is 30.9 Å². The molecule has 39 heavy (non-hydrogen) atoms. The molecule has 7 nitrogen and oxygen atoms in total. The Morgan fingerprint density at radius 3 is 2.59 bits per heavy atom. The first-order valence-corrected chi connectivity index (χ1v) is 14.7. The maximum atomic E-state index is 12.9. The molecule has 0 radical (unpaired) electrons. The number of hydrogen-bond acceptors (Lipinski definition) is 6. The fraction of sp³-hybridized carbons (Fsp3) is 0.531. The number of benzene rings is 2. The summed E-state index contributed by atoms with van der Waals surface area (Å²) in [4.78, 5) is 25.1. The lowest BCUT2D eigenvalue weighted by molar-refractivity contribution is -0.145. The van der Waals surface area contributed by atoms with E-state index in [4.69, 9.17) is 9.47 Å². The number of hydrogen-bond donors (Lipinski definition) is 1. The molecule has 0 aromatic heterocycles. The maximum Gasteiger partial charge on any atom is 0.306 e. The number of fused-ring (bicyclic) bond motifs is 1. The van der Waals surface area contributed by atoms with Crippen LogP contribution in [-0.2, 0) is 16.0 Å². The average Bonchev–Trinajstić information content (AvgIpc) is 2.96. The third-order valence-electron chi connectivity index (χ3n) is 7.40. The zero-order valence-corrected chi connectivity index (χ0v) is 23.3. The third kappa shape index (κ3) is 9.41. The summed E-state index contributed by atoms with van der Waals surface area (Å²) in [5.74, 6) is 0.465. The molecule has 210 valence electrons. The van der Waals surface area contributed by atoms with Gasteiger partial charge in [0.1, 0.15) is 5.75 Å². The molecular formula is C32H43N3O4. The van der Waals surface area contributed by atoms with Gasteiger partial charge in [-0.1, -0.05) is 57.2 Å². The van der Waals surface area contributed by atoms with Gasteiger partial charge in [0.25, 0.3) is 5.91 Å². The lowest BCUT2D eigenvalue weighted by atomic mass is 9.93. The average molecular weight is 534 g/mol. The number of nitrogens with one attached hydrogen (secondary N) is 1. The van der Waals surface area contributed by atoms with Crippen molar-refractivity contribution in [2.75, 3.05) is 31.6 Å². The van der Waals surface area contributed by atoms with Gasteiger partial charge in [0.05, 0.1) is 25.8 Å². The summed E-state index contributed by atoms with van der Waals surface area (Å²) in [6.07, 6.45) is 13.7. The van der Waals surface area contributed by atoms with Crippen molar-refractivity contribution >= 4 is 23.8 Å². The fourth-order valence-corrected chi connectivity index (χ4v) is 5.07. The Balaban J connectivity index is 1.20. The molecule has 0 spiro atoms. The van der Waals surface area contributed by atoms with E-state index in [9.17, 15) is 9.59 Å². The molecule has 2 aliphatic heterocycles. The summed E-state index contributed by atoms with van der Waals surface area (Å²) >= 11 is 0. The number of carbonyl (C=O) groups excluding carboxylic acids is 2. The minimum absolute atomic E-state index is 0.0891. The summed E-state index contributed by atoms with van der Waals surface area (Å²) in [6.45, 7) is 5.19. The van der Waals surface area contributed by atoms with Crippen molar-refractivity contribution in [2.24, 2.45) is 11.0 Å². The van der Waals surface area contributed by atoms with E-state index in [2.05, 4.69) is 22.4 Å². The number of rotatable bonds is 13. The molecule has 7 heteroatoms. The number of amides is 1. The Morgan fingerprint density at radius 2 is 1.79 bits per heavy atom. The summed E-state index contributed by atoms with van der Waals surface area (Å²) in [5.41, 5.74) is 3.29. The predicted molar refractivity (Wildman–Crippen MR) is 155 cm³/mol. The van der Waals surface area contributed by atoms with Gasteiger partial charge in [-0.25, -0.2) is 0 Å². The Morgan fingerprint density at radius 1 is 1.03 bits per heavy atom. The number of ether oxygens (including phenoxy) is 2. The van der Waals surface area contributed by atoms with Crippen LogP contribution in [0.3, 0.4) is 0 Å². The zero-order valence-electron chi connectivity index (χ0n) is 23.3. The van der Waals surface area contributed by atoms with Crippen molar-refractivity contribution in [3.63, 3.8) is 0 Å². The highest BCUT2D eigenvalue weighted by atomic mass is 16.5. The predicted octanol–water partition coefficient (Wildman–Crippen LogP) is 6.60. The minimum Gasteiger partial charge on any atom is -0.493 e. The van der Waals surface area contributed by atoms with E-state index in [-0.39, 0.29) is 17.8 Å². The molecule has 1 fully saturated rings. The molecule has 1 atom stereocenters. The number of anilines is 1. The quantitative estimate of drug-likeness (QED) is 0.178. The molecule has 2 aromatic rings. The van der Waals surface area contributed by atoms with Gasteiger partial charge in [0.15, 0.2) is 0 Å². The first-order chi connectivity index (χ1) is 19.1. The summed E-state index contributed by atoms with van der Waals surface area (Å²) in [6, 6.07) is 13.2. The van der Waals surface area contributed by atoms with E-state index in [1.54, 1.807) is 6.07 Å². The molecule has 2 aliphatic rings. The molecule has 1 unspecified atom stereocenters. The van der Waals surface area contributed by atoms with Crippen LogP contribution in [0.25, 0.3) is 0 Å². The van der Waals surface area contributed by atoms with Crippen LogP contribution in [-0.4, -0.2) is 49.4 Å². The number of esters is 1. The van der Waals surface area contributed by atoms with Crippen molar-refractivity contribution in [3.05, 3.63) is 59.2 Å². The highest BCUT2D eigenvalue weighted by molar-refractivity contribution is 6.04. The smallest absolute Gasteiger partial charge is 0.306 e. The first-order valence-electron chi connectivity index (χ1n) is 14.7. The fourth-order valence-electron chi connectivity index (χ4n) is 5.07. The highest BCUT2D eigenvalue weighted by Gasteiger charge is 2.24. The number of nitrogens with zero attached hydrogens (tertiary/aromatic N) is 2. The SMILES string of the molecule is CCCCCCCCOC(=O)CC1COc2cc(C(=O)Nc3ccc(/C=N/N4CCCCC4)cc3)ccc2C1. The zero-order chi connectivity index (χ0) is 27.3. The Labute approximate surface area is 233 Å². The molecular weight excluding hydrogens is 490 g/mol. The van der Waals surface area contributed by atoms with Crippen LogP contribution in [0.1, 0.15) is 92.6 Å². The van der Waals surface area contributed by atoms with Crippen molar-refractivity contribution in [1.82, 2.24) is 5.01 Å². The second-order valence-corrected chi connectivity index (χ2v) is 10.7. The second-order valence-electron chi connectivity index (χ2n) is 10.7. The molecule has 0 bridgehead atoms. The van der Waals surface area contributed by atoms with Gasteiger partial charge >= 0.3 is 5.97 Å². The molecule has 1 saturated heterocycles. The molecule has 4 rings (SSSR count). The lowest BCUT2D eigenvalue weighted by Crippen LogP contribution is -2.25. The van der Waals surface area contributed by atoms with E-state index >= 15 is 0 Å². The van der Waals surface area contributed by atoms with E-state index in [1.165, 1.54) is 44.9 Å². The van der Waals surface area contributed by atoms with Crippen molar-refractivity contribution in [1.29, 1.82) is 0 Å². The number of hydrazone groups is 1. The van der Waals surface area contributed by atoms with Gasteiger partial charge in [-0.2, -0.15) is 5.10 Å². The van der Waals surface area contributed by atoms with E-state index in [1.807, 2.05) is 42.6 Å². The van der Waals surface area contributed by atoms with Crippen LogP contribution in [0.15, 0.2) is 47.6 Å². The van der Waals surface area contributed by atoms with Gasteiger partial charge in [-0.15, -0.1) is 0 Å². The van der Waals surface area contributed by atoms with Crippen LogP contribution >= 0.6 is 0 Å². The van der Waals surface area contributed by atoms with E-state index < -0.39 is 0 Å². The Bertz CT molecular complexity index is 1090. The topological polar surface area (TPSA) is 80.2 Å². The van der Waals surface area contributed by atoms with Gasteiger partial charge in [-0.05, 0) is 67.5 Å². The van der Waals surface area contributed by atoms with Crippen LogP contribution < -0.4 is 10.1 Å². The molecule has 2 heterocycles. The third-order valence-corrected chi connectivity index (χ3v) is 7.40. The molecule has 0 saturated carbocycles. The van der Waals surface area contributed by atoms with Gasteiger partial charge in [-0.3, -0.25) is 14.6 Å². The van der Waals surface area contributed by atoms with Gasteiger partial charge in [0.2, 0.25) is 0 Å². The Kier molecular flexibility index (Phi) is 11.2. The van der Waals surface area contributed by atoms with Crippen molar-refractivity contribution < 1.29 is 19.1 Å². The normalized spacial score (nSPS) is 16.9. The molecule has 1 N–H and O–H groups in total. The van der Waals surface area contributed by atoms with Crippen LogP contribution in [0.2, 0.25) is 0 Å². The monoisotopic (exact) mass is 533 g/mol. The van der Waals surface area contributed by atoms with Gasteiger partial charge in [0, 0.05) is 30.3 Å². The number of unbranched alkanes of at least 4 members (excludes halogenated alkanes) is 5. The summed E-state index contributed by atoms with van der Waals surface area (Å²) in [5, 5.41) is 9.64. The second kappa shape index (κ2) is 15.3. The molecule has 2 aromatic carbocycles. The largest absolute Gasteiger partial charge is 0.493 e. The number of piperidine rings is 1. The minimum atomic E-state index is -0.184. The van der Waals surface area contributed by atoms with Crippen molar-refractivity contribution in [3.8, 4) is 5.75 Å². The van der Waals surface area contributed by atoms with Crippen LogP contribution in [0.5, 0.6) is 5.75 Å². The number of carbonyl (C=O) groups is 2. The van der Waals surface area contributed by atoms with Crippen LogP contribution in [0, 0.1) is 5.92 Å². The first kappa shape index (κ1) is 28.7. The standard InChI is InChI=1S/C32H43N3O4/c1-2-3-4-5-6-10-19-38-31(36)21-26-20-27-13-14-28(22-30(27)39-24-26)32(37)34-29-15-11-25(12-16-29)23-33-35-17-8-7-9-18-35/h11-16,22-23,26H,2-10,17-21,24H2,1H3,(H,34,37)/b33-23+. The highest BCUT2D eigenvalue weighted by Crippen LogP contribution is 2.30. The maximum absolute atomic E-state index is 12.9.